The molecule has 102 valence electrons. The number of nitrogens with one attached hydrogen (secondary N) is 2. The van der Waals surface area contributed by atoms with Gasteiger partial charge in [0.05, 0.1) is 11.2 Å². The van der Waals surface area contributed by atoms with Gasteiger partial charge in [0.25, 0.3) is 15.9 Å². The molecule has 0 fully saturated rings. The van der Waals surface area contributed by atoms with Crippen molar-refractivity contribution in [3.05, 3.63) is 34.3 Å². The average Bonchev–Trinajstić information content (AvgIpc) is 2.86. The maximum Gasteiger partial charge on any atom is 0.281 e. The molecule has 0 spiro atoms. The molecule has 2 heterocycles. The lowest BCUT2D eigenvalue weighted by atomic mass is 10.4. The predicted octanol–water partition coefficient (Wildman–Crippen LogP) is 1.17. The summed E-state index contributed by atoms with van der Waals surface area (Å²) in [5, 5.41) is 3.91. The quantitative estimate of drug-likeness (QED) is 0.886. The first-order chi connectivity index (χ1) is 8.79. The van der Waals surface area contributed by atoms with E-state index in [9.17, 15) is 13.2 Å². The molecule has 0 aliphatic heterocycles. The minimum atomic E-state index is -3.98. The predicted molar refractivity (Wildman–Crippen MR) is 68.7 cm³/mol. The molecule has 0 radical (unpaired) electrons. The number of carbonyl (C=O) groups excluding carboxylic acids is 1. The number of H-pyrrole nitrogens is 1. The Labute approximate surface area is 118 Å². The number of sulfonamides is 1. The highest BCUT2D eigenvalue weighted by Gasteiger charge is 2.21. The van der Waals surface area contributed by atoms with Crippen LogP contribution in [0.5, 0.6) is 0 Å². The largest absolute Gasteiger partial charge is 0.340 e. The molecule has 0 bridgehead atoms. The molecule has 0 saturated heterocycles. The highest BCUT2D eigenvalue weighted by Crippen LogP contribution is 2.22. The molecule has 0 aromatic carbocycles. The van der Waals surface area contributed by atoms with Gasteiger partial charge in [0, 0.05) is 13.2 Å². The van der Waals surface area contributed by atoms with Gasteiger partial charge >= 0.3 is 0 Å². The van der Waals surface area contributed by atoms with Crippen molar-refractivity contribution in [1.82, 2.24) is 19.5 Å². The molecule has 2 aromatic heterocycles. The number of carbonyl (C=O) groups is 1. The second kappa shape index (κ2) is 4.87. The summed E-state index contributed by atoms with van der Waals surface area (Å²) in [6.07, 6.45) is 2.40. The van der Waals surface area contributed by atoms with E-state index in [1.165, 1.54) is 16.9 Å². The van der Waals surface area contributed by atoms with E-state index in [0.717, 1.165) is 6.20 Å². The van der Waals surface area contributed by atoms with Crippen molar-refractivity contribution < 1.29 is 13.2 Å². The Morgan fingerprint density at radius 3 is 2.63 bits per heavy atom. The molecule has 0 aliphatic carbocycles. The monoisotopic (exact) mass is 322 g/mol. The van der Waals surface area contributed by atoms with Crippen LogP contribution in [0.25, 0.3) is 0 Å². The number of hydrogen-bond acceptors (Lipinski definition) is 4. The first-order valence-corrected chi connectivity index (χ1v) is 7.13. The highest BCUT2D eigenvalue weighted by molar-refractivity contribution is 7.90. The zero-order valence-corrected chi connectivity index (χ0v) is 11.8. The van der Waals surface area contributed by atoms with Gasteiger partial charge in [-0.2, -0.15) is 5.10 Å². The minimum absolute atomic E-state index is 0.0533. The molecular weight excluding hydrogens is 315 g/mol. The average molecular weight is 323 g/mol. The number of rotatable bonds is 3. The summed E-state index contributed by atoms with van der Waals surface area (Å²) >= 11 is 11.3. The number of hydrogen-bond donors (Lipinski definition) is 2. The van der Waals surface area contributed by atoms with Crippen LogP contribution in [-0.4, -0.2) is 29.1 Å². The third kappa shape index (κ3) is 2.91. The topological polar surface area (TPSA) is 96.9 Å². The Kier molecular flexibility index (Phi) is 3.57. The Balaban J connectivity index is 2.23. The van der Waals surface area contributed by atoms with Crippen LogP contribution in [0.15, 0.2) is 23.4 Å². The second-order valence-electron chi connectivity index (χ2n) is 3.63. The number of halogens is 2. The molecule has 0 aliphatic rings. The molecule has 0 saturated carbocycles. The van der Waals surface area contributed by atoms with E-state index in [1.54, 1.807) is 7.05 Å². The maximum absolute atomic E-state index is 11.9. The van der Waals surface area contributed by atoms with Crippen molar-refractivity contribution in [3.8, 4) is 0 Å². The molecule has 2 N–H and O–H groups in total. The minimum Gasteiger partial charge on any atom is -0.340 e. The molecule has 1 amide bonds. The van der Waals surface area contributed by atoms with Crippen molar-refractivity contribution in [2.75, 3.05) is 0 Å². The molecule has 7 nitrogen and oxygen atoms in total. The summed E-state index contributed by atoms with van der Waals surface area (Å²) < 4.78 is 26.9. The zero-order valence-electron chi connectivity index (χ0n) is 9.52. The molecule has 0 atom stereocenters. The Morgan fingerprint density at radius 1 is 1.47 bits per heavy atom. The Hall–Kier alpha value is -1.51. The van der Waals surface area contributed by atoms with E-state index in [2.05, 4.69) is 10.1 Å². The van der Waals surface area contributed by atoms with Crippen molar-refractivity contribution in [2.45, 2.75) is 4.90 Å². The summed E-state index contributed by atoms with van der Waals surface area (Å²) in [6, 6.07) is 1.23. The summed E-state index contributed by atoms with van der Waals surface area (Å²) in [4.78, 5) is 14.1. The van der Waals surface area contributed by atoms with Gasteiger partial charge < -0.3 is 4.98 Å². The summed E-state index contributed by atoms with van der Waals surface area (Å²) in [6.45, 7) is 0. The molecular formula is C9H8Cl2N4O3S. The van der Waals surface area contributed by atoms with Crippen LogP contribution in [0.2, 0.25) is 10.2 Å². The molecule has 2 rings (SSSR count). The van der Waals surface area contributed by atoms with Crippen molar-refractivity contribution in [1.29, 1.82) is 0 Å². The normalized spacial score (nSPS) is 11.5. The van der Waals surface area contributed by atoms with Crippen LogP contribution in [0.4, 0.5) is 0 Å². The van der Waals surface area contributed by atoms with Gasteiger partial charge in [0.1, 0.15) is 15.7 Å². The summed E-state index contributed by atoms with van der Waals surface area (Å²) in [5.41, 5.74) is -0.0533. The van der Waals surface area contributed by atoms with E-state index in [-0.39, 0.29) is 20.8 Å². The number of aryl methyl sites for hydroxylation is 1. The van der Waals surface area contributed by atoms with Gasteiger partial charge in [-0.05, 0) is 6.07 Å². The molecule has 0 unspecified atom stereocenters. The van der Waals surface area contributed by atoms with Crippen molar-refractivity contribution >= 4 is 39.1 Å². The lowest BCUT2D eigenvalue weighted by Crippen LogP contribution is -2.30. The van der Waals surface area contributed by atoms with Gasteiger partial charge in [0.15, 0.2) is 0 Å². The molecule has 2 aromatic rings. The fourth-order valence-corrected chi connectivity index (χ4v) is 2.56. The van der Waals surface area contributed by atoms with E-state index in [1.807, 2.05) is 4.72 Å². The Morgan fingerprint density at radius 2 is 2.16 bits per heavy atom. The summed E-state index contributed by atoms with van der Waals surface area (Å²) in [5.74, 6) is -0.863. The zero-order chi connectivity index (χ0) is 14.2. The molecule has 10 heteroatoms. The highest BCUT2D eigenvalue weighted by atomic mass is 35.5. The fraction of sp³-hybridized carbons (Fsp3) is 0.111. The van der Waals surface area contributed by atoms with E-state index < -0.39 is 15.9 Å². The Bertz CT molecular complexity index is 715. The smallest absolute Gasteiger partial charge is 0.281 e. The number of nitrogens with zero attached hydrogens (tertiary/aromatic N) is 2. The molecule has 19 heavy (non-hydrogen) atoms. The van der Waals surface area contributed by atoms with Crippen molar-refractivity contribution in [3.63, 3.8) is 0 Å². The maximum atomic E-state index is 11.9. The van der Waals surface area contributed by atoms with Crippen LogP contribution >= 0.6 is 23.2 Å². The van der Waals surface area contributed by atoms with Gasteiger partial charge in [-0.3, -0.25) is 9.48 Å². The number of aromatic amines is 1. The summed E-state index contributed by atoms with van der Waals surface area (Å²) in [7, 11) is -2.42. The third-order valence-electron chi connectivity index (χ3n) is 2.19. The van der Waals surface area contributed by atoms with Crippen LogP contribution < -0.4 is 4.72 Å². The lowest BCUT2D eigenvalue weighted by molar-refractivity contribution is 0.0977. The third-order valence-corrected chi connectivity index (χ3v) is 4.17. The lowest BCUT2D eigenvalue weighted by Gasteiger charge is -2.02. The van der Waals surface area contributed by atoms with Gasteiger partial charge in [-0.15, -0.1) is 0 Å². The second-order valence-corrected chi connectivity index (χ2v) is 6.10. The SMILES string of the molecule is Cn1cc(S(=O)(=O)NC(=O)c2cc(Cl)c(Cl)[nH]2)cn1. The van der Waals surface area contributed by atoms with Crippen LogP contribution in [0, 0.1) is 0 Å². The standard InChI is InChI=1S/C9H8Cl2N4O3S/c1-15-4-5(3-12-15)19(17,18)14-9(16)7-2-6(10)8(11)13-7/h2-4,13H,1H3,(H,14,16). The first-order valence-electron chi connectivity index (χ1n) is 4.89. The van der Waals surface area contributed by atoms with Crippen molar-refractivity contribution in [2.24, 2.45) is 7.05 Å². The number of aromatic nitrogens is 3. The van der Waals surface area contributed by atoms with Crippen LogP contribution in [0.3, 0.4) is 0 Å². The van der Waals surface area contributed by atoms with Crippen LogP contribution in [0.1, 0.15) is 10.5 Å². The van der Waals surface area contributed by atoms with E-state index >= 15 is 0 Å². The first kappa shape index (κ1) is 13.9. The van der Waals surface area contributed by atoms with Crippen LogP contribution in [-0.2, 0) is 17.1 Å². The van der Waals surface area contributed by atoms with Gasteiger partial charge in [0.2, 0.25) is 0 Å². The fourth-order valence-electron chi connectivity index (χ4n) is 1.30. The van der Waals surface area contributed by atoms with E-state index in [4.69, 9.17) is 23.2 Å². The van der Waals surface area contributed by atoms with E-state index in [0.29, 0.717) is 0 Å². The van der Waals surface area contributed by atoms with Gasteiger partial charge in [-0.25, -0.2) is 13.1 Å². The van der Waals surface area contributed by atoms with Gasteiger partial charge in [-0.1, -0.05) is 23.2 Å². The number of amides is 1.